The summed E-state index contributed by atoms with van der Waals surface area (Å²) in [5.41, 5.74) is 1.33. The summed E-state index contributed by atoms with van der Waals surface area (Å²) in [6.07, 6.45) is 2.30. The number of piperidine rings is 1. The van der Waals surface area contributed by atoms with E-state index < -0.39 is 16.2 Å². The fraction of sp³-hybridized carbons (Fsp3) is 0.323. The predicted molar refractivity (Wildman–Crippen MR) is 157 cm³/mol. The van der Waals surface area contributed by atoms with Gasteiger partial charge >= 0.3 is 5.69 Å². The molecule has 5 rings (SSSR count). The summed E-state index contributed by atoms with van der Waals surface area (Å²) >= 11 is 0. The molecule has 10 nitrogen and oxygen atoms in total. The SMILES string of the molecule is O=C(CCCn1c(=O)c2ccccc2n(Cc2cccc([N+](=O)[O-])c2)c1=O)NC1CCN(Cc2ccccc2)CC1. The lowest BCUT2D eigenvalue weighted by Crippen LogP contribution is -2.44. The van der Waals surface area contributed by atoms with Crippen molar-refractivity contribution in [3.8, 4) is 0 Å². The van der Waals surface area contributed by atoms with Gasteiger partial charge in [-0.1, -0.05) is 54.6 Å². The fourth-order valence-corrected chi connectivity index (χ4v) is 5.45. The standard InChI is InChI=1S/C31H33N5O5/c37-29(32-25-15-18-33(19-16-25)21-23-8-2-1-3-9-23)14-7-17-34-30(38)27-12-4-5-13-28(27)35(31(34)39)22-24-10-6-11-26(20-24)36(40)41/h1-6,8-13,20,25H,7,14-19,21-22H2,(H,32,37). The van der Waals surface area contributed by atoms with Crippen molar-refractivity contribution < 1.29 is 9.72 Å². The molecule has 1 aliphatic rings. The summed E-state index contributed by atoms with van der Waals surface area (Å²) < 4.78 is 2.62. The number of benzene rings is 3. The average Bonchev–Trinajstić information content (AvgIpc) is 2.99. The molecule has 1 saturated heterocycles. The van der Waals surface area contributed by atoms with E-state index >= 15 is 0 Å². The zero-order chi connectivity index (χ0) is 28.8. The van der Waals surface area contributed by atoms with Crippen LogP contribution >= 0.6 is 0 Å². The molecule has 0 bridgehead atoms. The summed E-state index contributed by atoms with van der Waals surface area (Å²) in [4.78, 5) is 52.5. The van der Waals surface area contributed by atoms with E-state index in [0.717, 1.165) is 37.0 Å². The largest absolute Gasteiger partial charge is 0.353 e. The van der Waals surface area contributed by atoms with Crippen LogP contribution in [-0.2, 0) is 24.4 Å². The van der Waals surface area contributed by atoms with Gasteiger partial charge in [-0.15, -0.1) is 0 Å². The van der Waals surface area contributed by atoms with Gasteiger partial charge in [0.05, 0.1) is 22.4 Å². The molecule has 41 heavy (non-hydrogen) atoms. The van der Waals surface area contributed by atoms with E-state index in [0.29, 0.717) is 22.9 Å². The van der Waals surface area contributed by atoms with E-state index in [-0.39, 0.29) is 37.1 Å². The summed E-state index contributed by atoms with van der Waals surface area (Å²) in [5, 5.41) is 14.7. The number of aromatic nitrogens is 2. The number of likely N-dealkylation sites (tertiary alicyclic amines) is 1. The lowest BCUT2D eigenvalue weighted by Gasteiger charge is -2.32. The molecule has 1 amide bonds. The predicted octanol–water partition coefficient (Wildman–Crippen LogP) is 3.68. The van der Waals surface area contributed by atoms with Crippen molar-refractivity contribution in [3.05, 3.63) is 121 Å². The molecule has 3 aromatic carbocycles. The molecule has 2 heterocycles. The quantitative estimate of drug-likeness (QED) is 0.236. The minimum atomic E-state index is -0.508. The van der Waals surface area contributed by atoms with Gasteiger partial charge in [-0.25, -0.2) is 4.79 Å². The number of nitrogens with one attached hydrogen (secondary N) is 1. The van der Waals surface area contributed by atoms with Crippen molar-refractivity contribution in [1.82, 2.24) is 19.4 Å². The Morgan fingerprint density at radius 2 is 1.59 bits per heavy atom. The molecule has 0 saturated carbocycles. The number of carbonyl (C=O) groups is 1. The first-order valence-corrected chi connectivity index (χ1v) is 13.9. The Hall–Kier alpha value is -4.57. The van der Waals surface area contributed by atoms with E-state index in [1.165, 1.54) is 22.3 Å². The first-order chi connectivity index (χ1) is 19.9. The highest BCUT2D eigenvalue weighted by molar-refractivity contribution is 5.78. The van der Waals surface area contributed by atoms with E-state index in [1.54, 1.807) is 36.4 Å². The number of rotatable bonds is 10. The second-order valence-corrected chi connectivity index (χ2v) is 10.5. The van der Waals surface area contributed by atoms with Gasteiger partial charge in [-0.05, 0) is 42.5 Å². The fourth-order valence-electron chi connectivity index (χ4n) is 5.45. The number of hydrogen-bond acceptors (Lipinski definition) is 6. The van der Waals surface area contributed by atoms with Crippen LogP contribution in [0.25, 0.3) is 10.9 Å². The highest BCUT2D eigenvalue weighted by Gasteiger charge is 2.21. The number of nitrogens with zero attached hydrogens (tertiary/aromatic N) is 4. The maximum absolute atomic E-state index is 13.5. The smallest absolute Gasteiger partial charge is 0.331 e. The van der Waals surface area contributed by atoms with Crippen LogP contribution in [0.15, 0.2) is 88.5 Å². The Kier molecular flexibility index (Phi) is 8.69. The lowest BCUT2D eigenvalue weighted by atomic mass is 10.0. The number of amides is 1. The van der Waals surface area contributed by atoms with Crippen LogP contribution in [0, 0.1) is 10.1 Å². The average molecular weight is 556 g/mol. The third-order valence-corrected chi connectivity index (χ3v) is 7.58. The van der Waals surface area contributed by atoms with Crippen LogP contribution in [0.3, 0.4) is 0 Å². The molecule has 10 heteroatoms. The molecule has 4 aromatic rings. The summed E-state index contributed by atoms with van der Waals surface area (Å²) in [6, 6.07) is 23.4. The Labute approximate surface area is 237 Å². The Morgan fingerprint density at radius 1 is 0.878 bits per heavy atom. The van der Waals surface area contributed by atoms with Crippen molar-refractivity contribution in [2.45, 2.75) is 51.4 Å². The van der Waals surface area contributed by atoms with Crippen LogP contribution in [0.1, 0.15) is 36.8 Å². The van der Waals surface area contributed by atoms with E-state index in [1.807, 2.05) is 18.2 Å². The Morgan fingerprint density at radius 3 is 2.34 bits per heavy atom. The maximum Gasteiger partial charge on any atom is 0.331 e. The molecule has 1 fully saturated rings. The number of nitro benzene ring substituents is 1. The van der Waals surface area contributed by atoms with E-state index in [9.17, 15) is 24.5 Å². The molecule has 0 atom stereocenters. The molecule has 0 unspecified atom stereocenters. The van der Waals surface area contributed by atoms with Gasteiger partial charge in [0.15, 0.2) is 0 Å². The summed E-state index contributed by atoms with van der Waals surface area (Å²) in [7, 11) is 0. The first-order valence-electron chi connectivity index (χ1n) is 13.9. The molecule has 0 radical (unpaired) electrons. The second kappa shape index (κ2) is 12.7. The van der Waals surface area contributed by atoms with E-state index in [2.05, 4.69) is 22.3 Å². The number of nitro groups is 1. The number of carbonyl (C=O) groups excluding carboxylic acids is 1. The highest BCUT2D eigenvalue weighted by Crippen LogP contribution is 2.17. The highest BCUT2D eigenvalue weighted by atomic mass is 16.6. The van der Waals surface area contributed by atoms with Gasteiger partial charge in [0, 0.05) is 50.8 Å². The van der Waals surface area contributed by atoms with Crippen LogP contribution in [0.5, 0.6) is 0 Å². The second-order valence-electron chi connectivity index (χ2n) is 10.5. The van der Waals surface area contributed by atoms with Crippen LogP contribution in [0.2, 0.25) is 0 Å². The van der Waals surface area contributed by atoms with Crippen molar-refractivity contribution in [1.29, 1.82) is 0 Å². The number of hydrogen-bond donors (Lipinski definition) is 1. The topological polar surface area (TPSA) is 119 Å². The zero-order valence-electron chi connectivity index (χ0n) is 22.8. The van der Waals surface area contributed by atoms with Gasteiger partial charge in [0.2, 0.25) is 5.91 Å². The van der Waals surface area contributed by atoms with Crippen molar-refractivity contribution >= 4 is 22.5 Å². The van der Waals surface area contributed by atoms with E-state index in [4.69, 9.17) is 0 Å². The lowest BCUT2D eigenvalue weighted by molar-refractivity contribution is -0.384. The zero-order valence-corrected chi connectivity index (χ0v) is 22.8. The summed E-state index contributed by atoms with van der Waals surface area (Å²) in [6.45, 7) is 2.90. The van der Waals surface area contributed by atoms with Gasteiger partial charge in [-0.3, -0.25) is 33.7 Å². The number of non-ortho nitro benzene ring substituents is 1. The number of para-hydroxylation sites is 1. The van der Waals surface area contributed by atoms with Crippen LogP contribution < -0.4 is 16.6 Å². The van der Waals surface area contributed by atoms with Gasteiger partial charge in [0.1, 0.15) is 0 Å². The van der Waals surface area contributed by atoms with Gasteiger partial charge in [-0.2, -0.15) is 0 Å². The Balaban J connectivity index is 1.21. The molecule has 212 valence electrons. The molecule has 0 aliphatic carbocycles. The minimum Gasteiger partial charge on any atom is -0.353 e. The molecule has 1 N–H and O–H groups in total. The van der Waals surface area contributed by atoms with Gasteiger partial charge < -0.3 is 5.32 Å². The van der Waals surface area contributed by atoms with Crippen molar-refractivity contribution in [2.24, 2.45) is 0 Å². The first kappa shape index (κ1) is 28.0. The number of fused-ring (bicyclic) bond motifs is 1. The molecular weight excluding hydrogens is 522 g/mol. The molecule has 0 spiro atoms. The molecule has 1 aliphatic heterocycles. The third-order valence-electron chi connectivity index (χ3n) is 7.58. The maximum atomic E-state index is 13.5. The van der Waals surface area contributed by atoms with Gasteiger partial charge in [0.25, 0.3) is 11.2 Å². The normalized spacial score (nSPS) is 14.2. The molecular formula is C31H33N5O5. The minimum absolute atomic E-state index is 0.0685. The molecule has 1 aromatic heterocycles. The summed E-state index contributed by atoms with van der Waals surface area (Å²) in [5.74, 6) is -0.0859. The Bertz CT molecular complexity index is 1660. The van der Waals surface area contributed by atoms with Crippen molar-refractivity contribution in [3.63, 3.8) is 0 Å². The van der Waals surface area contributed by atoms with Crippen molar-refractivity contribution in [2.75, 3.05) is 13.1 Å². The third kappa shape index (κ3) is 6.78. The van der Waals surface area contributed by atoms with Crippen LogP contribution in [-0.4, -0.2) is 44.0 Å². The monoisotopic (exact) mass is 555 g/mol. The van der Waals surface area contributed by atoms with Crippen LogP contribution in [0.4, 0.5) is 5.69 Å².